The van der Waals surface area contributed by atoms with Gasteiger partial charge in [0.15, 0.2) is 11.5 Å². The summed E-state index contributed by atoms with van der Waals surface area (Å²) in [6, 6.07) is 5.97. The van der Waals surface area contributed by atoms with Gasteiger partial charge in [-0.1, -0.05) is 0 Å². The second-order valence-corrected chi connectivity index (χ2v) is 3.94. The third kappa shape index (κ3) is 4.34. The maximum absolute atomic E-state index is 8.44. The van der Waals surface area contributed by atoms with Gasteiger partial charge in [-0.15, -0.1) is 0 Å². The highest BCUT2D eigenvalue weighted by molar-refractivity contribution is 5.53. The zero-order valence-corrected chi connectivity index (χ0v) is 11.7. The van der Waals surface area contributed by atoms with E-state index in [0.717, 1.165) is 18.5 Å². The second-order valence-electron chi connectivity index (χ2n) is 3.94. The molecule has 104 valence electrons. The van der Waals surface area contributed by atoms with Crippen LogP contribution in [0.1, 0.15) is 12.0 Å². The highest BCUT2D eigenvalue weighted by Gasteiger charge is 2.12. The van der Waals surface area contributed by atoms with E-state index in [1.54, 1.807) is 21.3 Å². The molecule has 0 amide bonds. The van der Waals surface area contributed by atoms with Crippen LogP contribution in [0, 0.1) is 11.3 Å². The number of hydrogen-bond donors (Lipinski definition) is 1. The molecular formula is C14H20N2O3. The van der Waals surface area contributed by atoms with Crippen molar-refractivity contribution in [3.05, 3.63) is 17.7 Å². The van der Waals surface area contributed by atoms with Crippen LogP contribution < -0.4 is 19.5 Å². The summed E-state index contributed by atoms with van der Waals surface area (Å²) >= 11 is 0. The fraction of sp³-hybridized carbons (Fsp3) is 0.500. The molecule has 1 N–H and O–H groups in total. The Bertz CT molecular complexity index is 416. The Labute approximate surface area is 114 Å². The van der Waals surface area contributed by atoms with E-state index in [-0.39, 0.29) is 0 Å². The Morgan fingerprint density at radius 1 is 1.05 bits per heavy atom. The van der Waals surface area contributed by atoms with Crippen LogP contribution in [-0.2, 0) is 6.42 Å². The molecule has 5 nitrogen and oxygen atoms in total. The van der Waals surface area contributed by atoms with E-state index in [9.17, 15) is 0 Å². The maximum atomic E-state index is 8.44. The summed E-state index contributed by atoms with van der Waals surface area (Å²) < 4.78 is 15.9. The molecule has 1 aromatic rings. The van der Waals surface area contributed by atoms with Crippen LogP contribution in [0.4, 0.5) is 0 Å². The fourth-order valence-electron chi connectivity index (χ4n) is 1.78. The van der Waals surface area contributed by atoms with Crippen molar-refractivity contribution in [2.45, 2.75) is 12.8 Å². The summed E-state index contributed by atoms with van der Waals surface area (Å²) in [6.45, 7) is 1.52. The van der Waals surface area contributed by atoms with Crippen LogP contribution in [-0.4, -0.2) is 34.4 Å². The second kappa shape index (κ2) is 8.22. The summed E-state index contributed by atoms with van der Waals surface area (Å²) in [4.78, 5) is 0. The lowest BCUT2D eigenvalue weighted by Crippen LogP contribution is -2.18. The molecule has 1 aromatic carbocycles. The molecule has 0 atom stereocenters. The predicted octanol–water partition coefficient (Wildman–Crippen LogP) is 1.76. The molecule has 0 spiro atoms. The molecule has 0 aliphatic carbocycles. The Morgan fingerprint density at radius 3 is 2.16 bits per heavy atom. The minimum Gasteiger partial charge on any atom is -0.493 e. The number of hydrogen-bond acceptors (Lipinski definition) is 5. The van der Waals surface area contributed by atoms with Crippen molar-refractivity contribution in [2.24, 2.45) is 0 Å². The zero-order valence-electron chi connectivity index (χ0n) is 11.7. The lowest BCUT2D eigenvalue weighted by Gasteiger charge is -2.14. The Morgan fingerprint density at radius 2 is 1.68 bits per heavy atom. The first-order valence-corrected chi connectivity index (χ1v) is 6.13. The molecular weight excluding hydrogens is 244 g/mol. The van der Waals surface area contributed by atoms with E-state index in [4.69, 9.17) is 19.5 Å². The molecule has 1 rings (SSSR count). The van der Waals surface area contributed by atoms with Gasteiger partial charge in [0, 0.05) is 13.0 Å². The molecule has 19 heavy (non-hydrogen) atoms. The van der Waals surface area contributed by atoms with Crippen molar-refractivity contribution >= 4 is 0 Å². The minimum absolute atomic E-state index is 0.523. The van der Waals surface area contributed by atoms with E-state index < -0.39 is 0 Å². The number of nitriles is 1. The average molecular weight is 264 g/mol. The molecule has 0 fully saturated rings. The number of methoxy groups -OCH3 is 3. The number of rotatable bonds is 8. The molecule has 0 aromatic heterocycles. The quantitative estimate of drug-likeness (QED) is 0.725. The van der Waals surface area contributed by atoms with Crippen LogP contribution in [0.2, 0.25) is 0 Å². The van der Waals surface area contributed by atoms with E-state index in [1.807, 2.05) is 12.1 Å². The Kier molecular flexibility index (Phi) is 6.55. The normalized spacial score (nSPS) is 9.79. The monoisotopic (exact) mass is 264 g/mol. The van der Waals surface area contributed by atoms with E-state index in [1.165, 1.54) is 0 Å². The molecule has 0 aliphatic heterocycles. The molecule has 0 unspecified atom stereocenters. The van der Waals surface area contributed by atoms with Crippen molar-refractivity contribution in [3.63, 3.8) is 0 Å². The van der Waals surface area contributed by atoms with Crippen molar-refractivity contribution in [2.75, 3.05) is 34.4 Å². The summed E-state index contributed by atoms with van der Waals surface area (Å²) in [5.74, 6) is 1.92. The van der Waals surface area contributed by atoms with Gasteiger partial charge in [0.2, 0.25) is 5.75 Å². The van der Waals surface area contributed by atoms with Gasteiger partial charge in [0.1, 0.15) is 0 Å². The number of nitrogens with one attached hydrogen (secondary N) is 1. The topological polar surface area (TPSA) is 63.5 Å². The van der Waals surface area contributed by atoms with Gasteiger partial charge >= 0.3 is 0 Å². The highest BCUT2D eigenvalue weighted by atomic mass is 16.5. The minimum atomic E-state index is 0.523. The predicted molar refractivity (Wildman–Crippen MR) is 72.9 cm³/mol. The zero-order chi connectivity index (χ0) is 14.1. The first-order valence-electron chi connectivity index (χ1n) is 6.13. The third-order valence-corrected chi connectivity index (χ3v) is 2.73. The van der Waals surface area contributed by atoms with E-state index in [2.05, 4.69) is 11.4 Å². The van der Waals surface area contributed by atoms with Gasteiger partial charge < -0.3 is 19.5 Å². The lowest BCUT2D eigenvalue weighted by molar-refractivity contribution is 0.323. The van der Waals surface area contributed by atoms with Gasteiger partial charge in [0.05, 0.1) is 27.4 Å². The first-order chi connectivity index (χ1) is 9.26. The standard InChI is InChI=1S/C14H20N2O3/c1-17-12-9-11(5-8-16-7-4-6-15)10-13(18-2)14(12)19-3/h9-10,16H,4-5,7-8H2,1-3H3. The third-order valence-electron chi connectivity index (χ3n) is 2.73. The molecule has 0 saturated carbocycles. The van der Waals surface area contributed by atoms with Gasteiger partial charge in [-0.3, -0.25) is 0 Å². The number of nitrogens with zero attached hydrogens (tertiary/aromatic N) is 1. The van der Waals surface area contributed by atoms with Crippen molar-refractivity contribution < 1.29 is 14.2 Å². The highest BCUT2D eigenvalue weighted by Crippen LogP contribution is 2.38. The van der Waals surface area contributed by atoms with Gasteiger partial charge in [-0.25, -0.2) is 0 Å². The van der Waals surface area contributed by atoms with Crippen LogP contribution in [0.3, 0.4) is 0 Å². The summed E-state index contributed by atoms with van der Waals surface area (Å²) in [6.07, 6.45) is 1.36. The van der Waals surface area contributed by atoms with Crippen molar-refractivity contribution in [3.8, 4) is 23.3 Å². The fourth-order valence-corrected chi connectivity index (χ4v) is 1.78. The Hall–Kier alpha value is -1.93. The smallest absolute Gasteiger partial charge is 0.203 e. The average Bonchev–Trinajstić information content (AvgIpc) is 2.45. The van der Waals surface area contributed by atoms with Crippen LogP contribution in [0.25, 0.3) is 0 Å². The van der Waals surface area contributed by atoms with Gasteiger partial charge in [0.25, 0.3) is 0 Å². The number of ether oxygens (including phenoxy) is 3. The number of benzene rings is 1. The SMILES string of the molecule is COc1cc(CCNCCC#N)cc(OC)c1OC. The lowest BCUT2D eigenvalue weighted by atomic mass is 10.1. The van der Waals surface area contributed by atoms with Crippen LogP contribution in [0.5, 0.6) is 17.2 Å². The van der Waals surface area contributed by atoms with Crippen LogP contribution in [0.15, 0.2) is 12.1 Å². The summed E-state index contributed by atoms with van der Waals surface area (Å²) in [7, 11) is 4.79. The van der Waals surface area contributed by atoms with E-state index >= 15 is 0 Å². The molecule has 0 aliphatic rings. The van der Waals surface area contributed by atoms with Gasteiger partial charge in [-0.2, -0.15) is 5.26 Å². The largest absolute Gasteiger partial charge is 0.493 e. The molecule has 0 radical (unpaired) electrons. The van der Waals surface area contributed by atoms with Crippen molar-refractivity contribution in [1.82, 2.24) is 5.32 Å². The molecule has 0 saturated heterocycles. The van der Waals surface area contributed by atoms with Gasteiger partial charge in [-0.05, 0) is 30.7 Å². The molecule has 0 heterocycles. The Balaban J connectivity index is 2.71. The summed E-state index contributed by atoms with van der Waals surface area (Å²) in [5.41, 5.74) is 1.10. The van der Waals surface area contributed by atoms with Crippen molar-refractivity contribution in [1.29, 1.82) is 5.26 Å². The van der Waals surface area contributed by atoms with E-state index in [0.29, 0.717) is 30.2 Å². The molecule has 5 heteroatoms. The molecule has 0 bridgehead atoms. The maximum Gasteiger partial charge on any atom is 0.203 e. The summed E-state index contributed by atoms with van der Waals surface area (Å²) in [5, 5.41) is 11.6. The van der Waals surface area contributed by atoms with Crippen LogP contribution >= 0.6 is 0 Å². The first kappa shape index (κ1) is 15.1.